The standard InChI is InChI=1S/C29H31BrN2O6/c1-4-12-31(20-13-16(2)10-11-17(20)3)27(35)25-29-14-19(30)24(38-29)22(28(36)37)23(29)26(34)32(25)21(15-33)18-8-6-5-7-9-18/h4-11,13,19,21-25,33H,1,12,14-15H2,2-3H3,(H,36,37)/t19?,21-,22+,23-,24+,25+,29-/m1/s1. The van der Waals surface area contributed by atoms with Gasteiger partial charge >= 0.3 is 5.97 Å². The first-order chi connectivity index (χ1) is 18.2. The quantitative estimate of drug-likeness (QED) is 0.365. The van der Waals surface area contributed by atoms with Gasteiger partial charge in [0, 0.05) is 17.1 Å². The second kappa shape index (κ2) is 9.94. The predicted molar refractivity (Wildman–Crippen MR) is 145 cm³/mol. The third-order valence-electron chi connectivity index (χ3n) is 8.17. The highest BCUT2D eigenvalue weighted by molar-refractivity contribution is 9.09. The van der Waals surface area contributed by atoms with Crippen molar-refractivity contribution in [3.8, 4) is 0 Å². The highest BCUT2D eigenvalue weighted by Gasteiger charge is 2.77. The lowest BCUT2D eigenvalue weighted by molar-refractivity contribution is -0.151. The number of fused-ring (bicyclic) bond motifs is 1. The molecule has 5 rings (SSSR count). The van der Waals surface area contributed by atoms with E-state index >= 15 is 0 Å². The average Bonchev–Trinajstić information content (AvgIpc) is 3.49. The first kappa shape index (κ1) is 26.6. The molecule has 7 atom stereocenters. The lowest BCUT2D eigenvalue weighted by atomic mass is 9.70. The molecule has 3 heterocycles. The monoisotopic (exact) mass is 582 g/mol. The van der Waals surface area contributed by atoms with Crippen LogP contribution in [0.5, 0.6) is 0 Å². The van der Waals surface area contributed by atoms with Crippen LogP contribution in [-0.2, 0) is 19.1 Å². The third kappa shape index (κ3) is 3.90. The number of amides is 2. The van der Waals surface area contributed by atoms with Crippen molar-refractivity contribution in [3.63, 3.8) is 0 Å². The lowest BCUT2D eigenvalue weighted by Gasteiger charge is -2.39. The number of hydrogen-bond acceptors (Lipinski definition) is 5. The van der Waals surface area contributed by atoms with E-state index in [4.69, 9.17) is 4.74 Å². The highest BCUT2D eigenvalue weighted by atomic mass is 79.9. The van der Waals surface area contributed by atoms with Crippen LogP contribution in [0.3, 0.4) is 0 Å². The second-order valence-electron chi connectivity index (χ2n) is 10.4. The second-order valence-corrected chi connectivity index (χ2v) is 11.6. The summed E-state index contributed by atoms with van der Waals surface area (Å²) >= 11 is 3.58. The number of nitrogens with zero attached hydrogens (tertiary/aromatic N) is 2. The molecule has 2 bridgehead atoms. The van der Waals surface area contributed by atoms with Gasteiger partial charge in [0.2, 0.25) is 5.91 Å². The molecule has 2 aromatic carbocycles. The maximum atomic E-state index is 14.7. The molecule has 0 aliphatic carbocycles. The summed E-state index contributed by atoms with van der Waals surface area (Å²) in [6, 6.07) is 12.8. The number of likely N-dealkylation sites (tertiary alicyclic amines) is 1. The number of aliphatic hydroxyl groups is 1. The van der Waals surface area contributed by atoms with E-state index in [1.54, 1.807) is 35.2 Å². The van der Waals surface area contributed by atoms with Crippen molar-refractivity contribution in [2.24, 2.45) is 11.8 Å². The van der Waals surface area contributed by atoms with Gasteiger partial charge in [-0.3, -0.25) is 14.4 Å². The minimum absolute atomic E-state index is 0.182. The zero-order valence-corrected chi connectivity index (χ0v) is 22.9. The number of carbonyl (C=O) groups is 3. The van der Waals surface area contributed by atoms with E-state index in [9.17, 15) is 24.6 Å². The molecule has 3 fully saturated rings. The van der Waals surface area contributed by atoms with Gasteiger partial charge in [0.15, 0.2) is 0 Å². The van der Waals surface area contributed by atoms with Gasteiger partial charge in [-0.25, -0.2) is 0 Å². The fourth-order valence-corrected chi connectivity index (χ4v) is 7.53. The van der Waals surface area contributed by atoms with Crippen molar-refractivity contribution in [1.29, 1.82) is 0 Å². The van der Waals surface area contributed by atoms with Crippen LogP contribution in [0.25, 0.3) is 0 Å². The van der Waals surface area contributed by atoms with Gasteiger partial charge in [0.1, 0.15) is 11.6 Å². The van der Waals surface area contributed by atoms with E-state index in [0.29, 0.717) is 17.7 Å². The molecule has 1 unspecified atom stereocenters. The first-order valence-corrected chi connectivity index (χ1v) is 13.6. The van der Waals surface area contributed by atoms with Gasteiger partial charge in [-0.05, 0) is 43.0 Å². The molecule has 3 aliphatic heterocycles. The van der Waals surface area contributed by atoms with Crippen molar-refractivity contribution in [1.82, 2.24) is 4.90 Å². The molecular formula is C29H31BrN2O6. The van der Waals surface area contributed by atoms with Crippen molar-refractivity contribution >= 4 is 39.4 Å². The van der Waals surface area contributed by atoms with E-state index in [1.807, 2.05) is 38.1 Å². The molecule has 0 radical (unpaired) electrons. The zero-order chi connectivity index (χ0) is 27.4. The largest absolute Gasteiger partial charge is 0.481 e. The van der Waals surface area contributed by atoms with E-state index in [0.717, 1.165) is 11.1 Å². The molecule has 200 valence electrons. The number of carbonyl (C=O) groups excluding carboxylic acids is 2. The maximum Gasteiger partial charge on any atom is 0.310 e. The molecule has 2 N–H and O–H groups in total. The number of halogens is 1. The summed E-state index contributed by atoms with van der Waals surface area (Å²) in [6.07, 6.45) is 1.18. The molecule has 0 aromatic heterocycles. The molecule has 2 amide bonds. The minimum Gasteiger partial charge on any atom is -0.481 e. The summed E-state index contributed by atoms with van der Waals surface area (Å²) in [5.41, 5.74) is 1.81. The Hall–Kier alpha value is -3.01. The fraction of sp³-hybridized carbons (Fsp3) is 0.414. The Bertz CT molecular complexity index is 1290. The van der Waals surface area contributed by atoms with E-state index in [1.165, 1.54) is 4.90 Å². The van der Waals surface area contributed by atoms with Crippen LogP contribution < -0.4 is 4.90 Å². The van der Waals surface area contributed by atoms with Gasteiger partial charge in [-0.2, -0.15) is 0 Å². The van der Waals surface area contributed by atoms with Crippen molar-refractivity contribution in [3.05, 3.63) is 77.9 Å². The summed E-state index contributed by atoms with van der Waals surface area (Å²) in [7, 11) is 0. The SMILES string of the molecule is C=CCN(C(=O)[C@@H]1N([C@H](CO)c2ccccc2)C(=O)[C@H]2[C@H](C(=O)O)[C@H]3O[C@@]12CC3Br)c1cc(C)ccc1C. The van der Waals surface area contributed by atoms with Gasteiger partial charge in [0.05, 0.1) is 30.6 Å². The summed E-state index contributed by atoms with van der Waals surface area (Å²) in [5, 5.41) is 20.7. The Morgan fingerprint density at radius 3 is 2.61 bits per heavy atom. The van der Waals surface area contributed by atoms with Crippen molar-refractivity contribution < 1.29 is 29.3 Å². The summed E-state index contributed by atoms with van der Waals surface area (Å²) in [6.45, 7) is 7.43. The Labute approximate surface area is 230 Å². The van der Waals surface area contributed by atoms with Crippen LogP contribution in [0, 0.1) is 25.7 Å². The number of ether oxygens (including phenoxy) is 1. The Morgan fingerprint density at radius 1 is 1.26 bits per heavy atom. The van der Waals surface area contributed by atoms with Crippen LogP contribution >= 0.6 is 15.9 Å². The number of rotatable bonds is 8. The minimum atomic E-state index is -1.35. The number of aliphatic hydroxyl groups excluding tert-OH is 1. The van der Waals surface area contributed by atoms with E-state index < -0.39 is 60.0 Å². The average molecular weight is 583 g/mol. The smallest absolute Gasteiger partial charge is 0.310 e. The number of anilines is 1. The predicted octanol–water partition coefficient (Wildman–Crippen LogP) is 3.39. The molecule has 3 saturated heterocycles. The molecule has 0 saturated carbocycles. The molecule has 2 aromatic rings. The molecule has 1 spiro atoms. The van der Waals surface area contributed by atoms with Crippen LogP contribution in [0.1, 0.15) is 29.2 Å². The van der Waals surface area contributed by atoms with Gasteiger partial charge < -0.3 is 24.7 Å². The number of carboxylic acids is 1. The number of alkyl halides is 1. The van der Waals surface area contributed by atoms with Gasteiger partial charge in [-0.1, -0.05) is 64.5 Å². The molecular weight excluding hydrogens is 552 g/mol. The first-order valence-electron chi connectivity index (χ1n) is 12.7. The molecule has 8 nitrogen and oxygen atoms in total. The highest BCUT2D eigenvalue weighted by Crippen LogP contribution is 2.61. The summed E-state index contributed by atoms with van der Waals surface area (Å²) < 4.78 is 6.41. The van der Waals surface area contributed by atoms with Crippen LogP contribution in [-0.4, -0.2) is 68.6 Å². The van der Waals surface area contributed by atoms with E-state index in [2.05, 4.69) is 22.5 Å². The van der Waals surface area contributed by atoms with Crippen molar-refractivity contribution in [2.45, 2.75) is 48.9 Å². The molecule has 9 heteroatoms. The number of carboxylic acid groups (broad SMARTS) is 1. The number of aryl methyl sites for hydroxylation is 2. The van der Waals surface area contributed by atoms with Gasteiger partial charge in [0.25, 0.3) is 5.91 Å². The number of hydrogen-bond donors (Lipinski definition) is 2. The normalized spacial score (nSPS) is 30.3. The Morgan fingerprint density at radius 2 is 1.97 bits per heavy atom. The van der Waals surface area contributed by atoms with Crippen LogP contribution in [0.2, 0.25) is 0 Å². The number of aliphatic carboxylic acids is 1. The summed E-state index contributed by atoms with van der Waals surface area (Å²) in [4.78, 5) is 43.9. The lowest BCUT2D eigenvalue weighted by Crippen LogP contribution is -2.57. The molecule has 38 heavy (non-hydrogen) atoms. The topological polar surface area (TPSA) is 107 Å². The Balaban J connectivity index is 1.69. The summed E-state index contributed by atoms with van der Waals surface area (Å²) in [5.74, 6) is -4.17. The molecule has 3 aliphatic rings. The van der Waals surface area contributed by atoms with E-state index in [-0.39, 0.29) is 11.4 Å². The third-order valence-corrected chi connectivity index (χ3v) is 9.02. The maximum absolute atomic E-state index is 14.7. The Kier molecular flexibility index (Phi) is 6.96. The fourth-order valence-electron chi connectivity index (χ4n) is 6.59. The van der Waals surface area contributed by atoms with Crippen molar-refractivity contribution in [2.75, 3.05) is 18.1 Å². The zero-order valence-electron chi connectivity index (χ0n) is 21.3. The van der Waals surface area contributed by atoms with Gasteiger partial charge in [-0.15, -0.1) is 6.58 Å². The van der Waals surface area contributed by atoms with Crippen LogP contribution in [0.4, 0.5) is 5.69 Å². The van der Waals surface area contributed by atoms with Crippen LogP contribution in [0.15, 0.2) is 61.2 Å². The number of benzene rings is 2.